The van der Waals surface area contributed by atoms with Crippen LogP contribution in [0.2, 0.25) is 0 Å². The molecule has 1 aromatic heterocycles. The van der Waals surface area contributed by atoms with Gasteiger partial charge in [-0.15, -0.1) is 0 Å². The second kappa shape index (κ2) is 3.95. The Kier molecular flexibility index (Phi) is 2.67. The zero-order valence-electron chi connectivity index (χ0n) is 8.34. The fraction of sp³-hybridized carbons (Fsp3) is 0.727. The standard InChI is InChI=1S/C11H18N2/c1-2-5-10-8-12-11(13-10)9-6-3-4-7-9/h8-9H,2-7H2,1H3,(H,12,13). The first-order valence-electron chi connectivity index (χ1n) is 5.44. The number of aromatic nitrogens is 2. The quantitative estimate of drug-likeness (QED) is 0.757. The molecule has 2 rings (SSSR count). The van der Waals surface area contributed by atoms with Gasteiger partial charge in [0.05, 0.1) is 0 Å². The van der Waals surface area contributed by atoms with E-state index in [1.165, 1.54) is 43.6 Å². The maximum atomic E-state index is 4.46. The SMILES string of the molecule is CCCc1cnc(C2CCCC2)[nH]1. The Morgan fingerprint density at radius 3 is 2.92 bits per heavy atom. The van der Waals surface area contributed by atoms with E-state index in [4.69, 9.17) is 0 Å². The second-order valence-electron chi connectivity index (χ2n) is 4.03. The monoisotopic (exact) mass is 178 g/mol. The van der Waals surface area contributed by atoms with Gasteiger partial charge in [-0.3, -0.25) is 0 Å². The molecule has 0 radical (unpaired) electrons. The highest BCUT2D eigenvalue weighted by Crippen LogP contribution is 2.32. The summed E-state index contributed by atoms with van der Waals surface area (Å²) < 4.78 is 0. The van der Waals surface area contributed by atoms with Crippen LogP contribution in [0.4, 0.5) is 0 Å². The fourth-order valence-electron chi connectivity index (χ4n) is 2.18. The van der Waals surface area contributed by atoms with Gasteiger partial charge in [-0.2, -0.15) is 0 Å². The van der Waals surface area contributed by atoms with Gasteiger partial charge in [-0.05, 0) is 19.3 Å². The lowest BCUT2D eigenvalue weighted by Gasteiger charge is -2.03. The van der Waals surface area contributed by atoms with Crippen molar-refractivity contribution in [3.63, 3.8) is 0 Å². The average Bonchev–Trinajstić information content (AvgIpc) is 2.70. The fourth-order valence-corrected chi connectivity index (χ4v) is 2.18. The normalized spacial score (nSPS) is 18.2. The third kappa shape index (κ3) is 1.93. The van der Waals surface area contributed by atoms with Crippen LogP contribution in [0.1, 0.15) is 56.5 Å². The summed E-state index contributed by atoms with van der Waals surface area (Å²) in [7, 11) is 0. The number of nitrogens with zero attached hydrogens (tertiary/aromatic N) is 1. The molecule has 1 N–H and O–H groups in total. The predicted octanol–water partition coefficient (Wildman–Crippen LogP) is 3.02. The highest BCUT2D eigenvalue weighted by molar-refractivity contribution is 5.06. The Morgan fingerprint density at radius 2 is 2.23 bits per heavy atom. The van der Waals surface area contributed by atoms with E-state index in [-0.39, 0.29) is 0 Å². The lowest BCUT2D eigenvalue weighted by molar-refractivity contribution is 0.675. The third-order valence-corrected chi connectivity index (χ3v) is 2.91. The van der Waals surface area contributed by atoms with Crippen molar-refractivity contribution < 1.29 is 0 Å². The van der Waals surface area contributed by atoms with Crippen molar-refractivity contribution in [1.29, 1.82) is 0 Å². The van der Waals surface area contributed by atoms with Crippen molar-refractivity contribution in [2.45, 2.75) is 51.4 Å². The lowest BCUT2D eigenvalue weighted by atomic mass is 10.1. The third-order valence-electron chi connectivity index (χ3n) is 2.91. The molecule has 0 aromatic carbocycles. The maximum absolute atomic E-state index is 4.46. The molecule has 1 saturated carbocycles. The Labute approximate surface area is 79.8 Å². The molecule has 1 aliphatic carbocycles. The van der Waals surface area contributed by atoms with Crippen LogP contribution in [0, 0.1) is 0 Å². The van der Waals surface area contributed by atoms with Gasteiger partial charge in [0.1, 0.15) is 5.82 Å². The van der Waals surface area contributed by atoms with Gasteiger partial charge in [0.2, 0.25) is 0 Å². The van der Waals surface area contributed by atoms with E-state index in [1.807, 2.05) is 6.20 Å². The molecule has 0 unspecified atom stereocenters. The molecule has 13 heavy (non-hydrogen) atoms. The van der Waals surface area contributed by atoms with Gasteiger partial charge >= 0.3 is 0 Å². The molecule has 0 saturated heterocycles. The van der Waals surface area contributed by atoms with Crippen molar-refractivity contribution in [1.82, 2.24) is 9.97 Å². The number of aryl methyl sites for hydroxylation is 1. The Hall–Kier alpha value is -0.790. The molecular weight excluding hydrogens is 160 g/mol. The van der Waals surface area contributed by atoms with Crippen molar-refractivity contribution in [2.24, 2.45) is 0 Å². The summed E-state index contributed by atoms with van der Waals surface area (Å²) >= 11 is 0. The minimum atomic E-state index is 0.727. The minimum Gasteiger partial charge on any atom is -0.346 e. The van der Waals surface area contributed by atoms with Gasteiger partial charge in [0, 0.05) is 17.8 Å². The summed E-state index contributed by atoms with van der Waals surface area (Å²) in [5.74, 6) is 1.96. The zero-order chi connectivity index (χ0) is 9.10. The summed E-state index contributed by atoms with van der Waals surface area (Å²) in [4.78, 5) is 7.91. The molecule has 2 nitrogen and oxygen atoms in total. The average molecular weight is 178 g/mol. The van der Waals surface area contributed by atoms with Crippen molar-refractivity contribution >= 4 is 0 Å². The molecule has 0 bridgehead atoms. The molecular formula is C11H18N2. The van der Waals surface area contributed by atoms with E-state index in [0.717, 1.165) is 12.3 Å². The van der Waals surface area contributed by atoms with Crippen LogP contribution in [-0.2, 0) is 6.42 Å². The van der Waals surface area contributed by atoms with Gasteiger partial charge in [-0.25, -0.2) is 4.98 Å². The van der Waals surface area contributed by atoms with E-state index < -0.39 is 0 Å². The smallest absolute Gasteiger partial charge is 0.109 e. The molecule has 0 spiro atoms. The Morgan fingerprint density at radius 1 is 1.46 bits per heavy atom. The van der Waals surface area contributed by atoms with Gasteiger partial charge in [0.15, 0.2) is 0 Å². The molecule has 1 fully saturated rings. The van der Waals surface area contributed by atoms with Gasteiger partial charge in [-0.1, -0.05) is 26.2 Å². The maximum Gasteiger partial charge on any atom is 0.109 e. The molecule has 0 atom stereocenters. The van der Waals surface area contributed by atoms with E-state index in [2.05, 4.69) is 16.9 Å². The van der Waals surface area contributed by atoms with Crippen molar-refractivity contribution in [3.05, 3.63) is 17.7 Å². The summed E-state index contributed by atoms with van der Waals surface area (Å²) in [5, 5.41) is 0. The summed E-state index contributed by atoms with van der Waals surface area (Å²) in [5.41, 5.74) is 1.31. The first-order valence-corrected chi connectivity index (χ1v) is 5.44. The molecule has 0 amide bonds. The molecule has 2 heteroatoms. The Balaban J connectivity index is 2.03. The largest absolute Gasteiger partial charge is 0.346 e. The van der Waals surface area contributed by atoms with Crippen LogP contribution >= 0.6 is 0 Å². The highest BCUT2D eigenvalue weighted by atomic mass is 14.9. The summed E-state index contributed by atoms with van der Waals surface area (Å²) in [6.07, 6.45) is 9.78. The predicted molar refractivity (Wildman–Crippen MR) is 53.8 cm³/mol. The Bertz CT molecular complexity index is 259. The van der Waals surface area contributed by atoms with E-state index in [9.17, 15) is 0 Å². The molecule has 1 heterocycles. The number of H-pyrrole nitrogens is 1. The molecule has 1 aliphatic rings. The topological polar surface area (TPSA) is 28.7 Å². The van der Waals surface area contributed by atoms with E-state index >= 15 is 0 Å². The first kappa shape index (κ1) is 8.79. The molecule has 1 aromatic rings. The zero-order valence-corrected chi connectivity index (χ0v) is 8.34. The van der Waals surface area contributed by atoms with Crippen LogP contribution in [0.25, 0.3) is 0 Å². The first-order chi connectivity index (χ1) is 6.40. The number of imidazole rings is 1. The number of nitrogens with one attached hydrogen (secondary N) is 1. The van der Waals surface area contributed by atoms with Crippen molar-refractivity contribution in [3.8, 4) is 0 Å². The van der Waals surface area contributed by atoms with Crippen molar-refractivity contribution in [2.75, 3.05) is 0 Å². The highest BCUT2D eigenvalue weighted by Gasteiger charge is 2.19. The van der Waals surface area contributed by atoms with Crippen LogP contribution in [0.5, 0.6) is 0 Å². The number of rotatable bonds is 3. The van der Waals surface area contributed by atoms with E-state index in [0.29, 0.717) is 0 Å². The number of hydrogen-bond donors (Lipinski definition) is 1. The van der Waals surface area contributed by atoms with E-state index in [1.54, 1.807) is 0 Å². The number of aromatic amines is 1. The van der Waals surface area contributed by atoms with Crippen LogP contribution in [-0.4, -0.2) is 9.97 Å². The summed E-state index contributed by atoms with van der Waals surface area (Å²) in [6.45, 7) is 2.20. The lowest BCUT2D eigenvalue weighted by Crippen LogP contribution is -1.95. The van der Waals surface area contributed by atoms with Crippen LogP contribution in [0.15, 0.2) is 6.20 Å². The number of hydrogen-bond acceptors (Lipinski definition) is 1. The van der Waals surface area contributed by atoms with Crippen LogP contribution < -0.4 is 0 Å². The minimum absolute atomic E-state index is 0.727. The second-order valence-corrected chi connectivity index (χ2v) is 4.03. The van der Waals surface area contributed by atoms with Gasteiger partial charge in [0.25, 0.3) is 0 Å². The van der Waals surface area contributed by atoms with Crippen LogP contribution in [0.3, 0.4) is 0 Å². The summed E-state index contributed by atoms with van der Waals surface area (Å²) in [6, 6.07) is 0. The molecule has 0 aliphatic heterocycles. The van der Waals surface area contributed by atoms with Gasteiger partial charge < -0.3 is 4.98 Å². The molecule has 72 valence electrons.